The van der Waals surface area contributed by atoms with Gasteiger partial charge < -0.3 is 29.4 Å². The average Bonchev–Trinajstić information content (AvgIpc) is 3.64. The fraction of sp³-hybridized carbons (Fsp3) is 0.294. The summed E-state index contributed by atoms with van der Waals surface area (Å²) in [6.45, 7) is 2.68. The van der Waals surface area contributed by atoms with Gasteiger partial charge >= 0.3 is 0 Å². The van der Waals surface area contributed by atoms with Gasteiger partial charge in [0.15, 0.2) is 11.6 Å². The topological polar surface area (TPSA) is 127 Å². The first-order valence-corrected chi connectivity index (χ1v) is 18.2. The van der Waals surface area contributed by atoms with Gasteiger partial charge in [-0.3, -0.25) is 9.59 Å². The van der Waals surface area contributed by atoms with E-state index in [9.17, 15) is 18.4 Å². The van der Waals surface area contributed by atoms with E-state index in [-0.39, 0.29) is 41.4 Å². The number of hydrogen-bond donors (Lipinski definition) is 1. The molecule has 6 rings (SSSR count). The Morgan fingerprint density at radius 3 is 2.54 bits per heavy atom. The molecule has 0 spiro atoms. The van der Waals surface area contributed by atoms with Crippen LogP contribution in [0.4, 0.5) is 14.6 Å². The Balaban J connectivity index is 1.28. The van der Waals surface area contributed by atoms with E-state index in [1.807, 2.05) is 6.07 Å². The molecule has 0 aliphatic carbocycles. The summed E-state index contributed by atoms with van der Waals surface area (Å²) in [5, 5.41) is 5.04. The lowest BCUT2D eigenvalue weighted by molar-refractivity contribution is 0.0303. The molecule has 48 heavy (non-hydrogen) atoms. The Hall–Kier alpha value is -4.79. The van der Waals surface area contributed by atoms with Gasteiger partial charge in [-0.15, -0.1) is 0 Å². The third-order valence-corrected chi connectivity index (χ3v) is 9.28. The number of halogens is 2. The third-order valence-electron chi connectivity index (χ3n) is 7.89. The van der Waals surface area contributed by atoms with Crippen molar-refractivity contribution in [3.8, 4) is 17.3 Å². The van der Waals surface area contributed by atoms with E-state index in [1.165, 1.54) is 35.3 Å². The molecule has 1 aliphatic rings. The van der Waals surface area contributed by atoms with E-state index in [4.69, 9.17) is 19.9 Å². The zero-order chi connectivity index (χ0) is 34.0. The standard InChI is InChI=1S/C34H36F2N6O5S/c1-48(2,3)16-15-46-21-41-27-9-7-22(34(44)40-11-13-45-14-12-40)17-23(27)18-28(41)32(43)25-20-39-42(33(25)37)24-8-10-30(38-19-24)47-29-6-4-5-26(35)31(29)36/h4-10,17-20H,11-16,21,37H2,1-3H3. The van der Waals surface area contributed by atoms with Crippen molar-refractivity contribution in [2.45, 2.75) is 6.73 Å². The summed E-state index contributed by atoms with van der Waals surface area (Å²) < 4.78 is 47.6. The molecule has 5 aromatic rings. The number of hydrogen-bond acceptors (Lipinski definition) is 8. The lowest BCUT2D eigenvalue weighted by Gasteiger charge is -2.26. The molecule has 2 N–H and O–H groups in total. The SMILES string of the molecule is CS(C)(C)CCOCn1c(C(=O)c2cnn(-c3ccc(Oc4cccc(F)c4F)nc3)c2N)cc2cc(C(=O)N3CCOCC3)ccc21. The average molecular weight is 679 g/mol. The summed E-state index contributed by atoms with van der Waals surface area (Å²) in [7, 11) is -0.779. The van der Waals surface area contributed by atoms with Crippen molar-refractivity contribution in [3.63, 3.8) is 0 Å². The Kier molecular flexibility index (Phi) is 9.49. The van der Waals surface area contributed by atoms with Gasteiger partial charge in [-0.1, -0.05) is 6.07 Å². The summed E-state index contributed by atoms with van der Waals surface area (Å²) in [5.41, 5.74) is 8.62. The molecule has 3 aromatic heterocycles. The molecule has 14 heteroatoms. The van der Waals surface area contributed by atoms with Gasteiger partial charge in [0.2, 0.25) is 17.5 Å². The molecular formula is C34H36F2N6O5S. The van der Waals surface area contributed by atoms with Gasteiger partial charge in [-0.05, 0) is 61.2 Å². The van der Waals surface area contributed by atoms with Crippen LogP contribution in [0.5, 0.6) is 11.6 Å². The second-order valence-electron chi connectivity index (χ2n) is 12.2. The Morgan fingerprint density at radius 1 is 1.02 bits per heavy atom. The molecule has 1 aliphatic heterocycles. The number of morpholine rings is 1. The van der Waals surface area contributed by atoms with Crippen LogP contribution in [0.1, 0.15) is 26.4 Å². The number of pyridine rings is 1. The van der Waals surface area contributed by atoms with Crippen LogP contribution in [0, 0.1) is 11.6 Å². The summed E-state index contributed by atoms with van der Waals surface area (Å²) in [6.07, 6.45) is 9.40. The minimum atomic E-state index is -1.12. The highest BCUT2D eigenvalue weighted by molar-refractivity contribution is 8.32. The number of anilines is 1. The third kappa shape index (κ3) is 7.05. The normalized spacial score (nSPS) is 14.0. The van der Waals surface area contributed by atoms with Crippen molar-refractivity contribution in [1.29, 1.82) is 0 Å². The smallest absolute Gasteiger partial charge is 0.254 e. The first-order valence-electron chi connectivity index (χ1n) is 15.2. The lowest BCUT2D eigenvalue weighted by Crippen LogP contribution is -2.40. The van der Waals surface area contributed by atoms with Crippen LogP contribution in [0.2, 0.25) is 0 Å². The van der Waals surface area contributed by atoms with Crippen LogP contribution in [0.3, 0.4) is 0 Å². The summed E-state index contributed by atoms with van der Waals surface area (Å²) in [5.74, 6) is -1.94. The summed E-state index contributed by atoms with van der Waals surface area (Å²) in [4.78, 5) is 33.2. The number of fused-ring (bicyclic) bond motifs is 1. The molecule has 11 nitrogen and oxygen atoms in total. The lowest BCUT2D eigenvalue weighted by atomic mass is 10.1. The van der Waals surface area contributed by atoms with Gasteiger partial charge in [-0.25, -0.2) is 24.1 Å². The van der Waals surface area contributed by atoms with Gasteiger partial charge in [0.05, 0.1) is 54.7 Å². The second kappa shape index (κ2) is 13.7. The van der Waals surface area contributed by atoms with Gasteiger partial charge in [0.25, 0.3) is 5.91 Å². The quantitative estimate of drug-likeness (QED) is 0.148. The zero-order valence-electron chi connectivity index (χ0n) is 26.8. The van der Waals surface area contributed by atoms with E-state index >= 15 is 0 Å². The van der Waals surface area contributed by atoms with E-state index in [0.29, 0.717) is 55.2 Å². The highest BCUT2D eigenvalue weighted by Crippen LogP contribution is 2.34. The van der Waals surface area contributed by atoms with E-state index in [1.54, 1.807) is 33.7 Å². The number of carbonyl (C=O) groups excluding carboxylic acids is 2. The van der Waals surface area contributed by atoms with Crippen LogP contribution in [0.15, 0.2) is 67.0 Å². The van der Waals surface area contributed by atoms with Gasteiger partial charge in [-0.2, -0.15) is 9.49 Å². The van der Waals surface area contributed by atoms with E-state index in [0.717, 1.165) is 17.3 Å². The monoisotopic (exact) mass is 678 g/mol. The predicted molar refractivity (Wildman–Crippen MR) is 180 cm³/mol. The number of amides is 1. The molecule has 2 aromatic carbocycles. The van der Waals surface area contributed by atoms with Crippen LogP contribution < -0.4 is 10.5 Å². The molecule has 1 saturated heterocycles. The van der Waals surface area contributed by atoms with Gasteiger partial charge in [0, 0.05) is 35.9 Å². The summed E-state index contributed by atoms with van der Waals surface area (Å²) >= 11 is 0. The van der Waals surface area contributed by atoms with Gasteiger partial charge in [0.1, 0.15) is 12.5 Å². The first-order chi connectivity index (χ1) is 23.0. The zero-order valence-corrected chi connectivity index (χ0v) is 27.6. The van der Waals surface area contributed by atoms with Crippen LogP contribution in [-0.2, 0) is 16.2 Å². The fourth-order valence-electron chi connectivity index (χ4n) is 5.26. The number of ether oxygens (including phenoxy) is 3. The highest BCUT2D eigenvalue weighted by Gasteiger charge is 2.25. The molecule has 1 amide bonds. The van der Waals surface area contributed by atoms with Crippen LogP contribution >= 0.6 is 10.0 Å². The number of nitrogens with zero attached hydrogens (tertiary/aromatic N) is 5. The maximum atomic E-state index is 14.1. The molecular weight excluding hydrogens is 642 g/mol. The second-order valence-corrected chi connectivity index (χ2v) is 16.8. The number of ketones is 1. The Morgan fingerprint density at radius 2 is 1.81 bits per heavy atom. The maximum Gasteiger partial charge on any atom is 0.254 e. The van der Waals surface area contributed by atoms with Crippen molar-refractivity contribution >= 4 is 38.4 Å². The van der Waals surface area contributed by atoms with E-state index in [2.05, 4.69) is 28.8 Å². The molecule has 252 valence electrons. The van der Waals surface area contributed by atoms with Crippen molar-refractivity contribution in [3.05, 3.63) is 95.4 Å². The Labute approximate surface area is 277 Å². The number of aromatic nitrogens is 4. The van der Waals surface area contributed by atoms with Crippen molar-refractivity contribution in [2.24, 2.45) is 0 Å². The first kappa shape index (κ1) is 33.1. The maximum absolute atomic E-state index is 14.1. The fourth-order valence-corrected chi connectivity index (χ4v) is 5.87. The number of carbonyl (C=O) groups is 2. The predicted octanol–water partition coefficient (Wildman–Crippen LogP) is 5.25. The molecule has 1 fully saturated rings. The number of nitrogens with two attached hydrogens (primary N) is 1. The van der Waals surface area contributed by atoms with Crippen LogP contribution in [0.25, 0.3) is 16.6 Å². The van der Waals surface area contributed by atoms with Crippen LogP contribution in [-0.4, -0.2) is 93.4 Å². The summed E-state index contributed by atoms with van der Waals surface area (Å²) in [6, 6.07) is 13.8. The van der Waals surface area contributed by atoms with Crippen molar-refractivity contribution < 1.29 is 32.6 Å². The highest BCUT2D eigenvalue weighted by atomic mass is 32.3. The van der Waals surface area contributed by atoms with Crippen molar-refractivity contribution in [2.75, 3.05) is 63.2 Å². The van der Waals surface area contributed by atoms with Crippen molar-refractivity contribution in [1.82, 2.24) is 24.2 Å². The minimum Gasteiger partial charge on any atom is -0.436 e. The molecule has 4 heterocycles. The minimum absolute atomic E-state index is 0.0225. The van der Waals surface area contributed by atoms with E-state index < -0.39 is 21.7 Å². The molecule has 0 saturated carbocycles. The Bertz CT molecular complexity index is 1970. The number of rotatable bonds is 11. The molecule has 0 atom stereocenters. The number of benzene rings is 2. The largest absolute Gasteiger partial charge is 0.436 e. The molecule has 0 radical (unpaired) electrons. The molecule has 0 bridgehead atoms. The number of nitrogen functional groups attached to an aromatic ring is 1. The molecule has 0 unspecified atom stereocenters.